The Morgan fingerprint density at radius 2 is 1.89 bits per heavy atom. The zero-order chi connectivity index (χ0) is 14.8. The van der Waals surface area contributed by atoms with Gasteiger partial charge in [-0.3, -0.25) is 0 Å². The molecule has 0 aliphatic heterocycles. The van der Waals surface area contributed by atoms with Crippen molar-refractivity contribution >= 4 is 35.8 Å². The molecule has 1 nitrogen and oxygen atoms in total. The molecule has 0 unspecified atom stereocenters. The molecule has 1 rings (SSSR count). The summed E-state index contributed by atoms with van der Waals surface area (Å²) in [5, 5.41) is 0.322. The first-order valence-corrected chi connectivity index (χ1v) is 10.4. The molecule has 0 saturated heterocycles. The van der Waals surface area contributed by atoms with Crippen molar-refractivity contribution in [3.8, 4) is 0 Å². The van der Waals surface area contributed by atoms with E-state index in [1.54, 1.807) is 12.1 Å². The van der Waals surface area contributed by atoms with Gasteiger partial charge >= 0.3 is 0 Å². The fourth-order valence-corrected chi connectivity index (χ4v) is 3.15. The average molecular weight is 368 g/mol. The lowest BCUT2D eigenvalue weighted by Crippen LogP contribution is -2.41. The summed E-state index contributed by atoms with van der Waals surface area (Å²) in [4.78, 5) is 0. The molecule has 0 radical (unpaired) electrons. The molecule has 0 aromatic heterocycles. The molecule has 5 heteroatoms. The minimum absolute atomic E-state index is 0.158. The molecule has 19 heavy (non-hydrogen) atoms. The second-order valence-corrected chi connectivity index (χ2v) is 12.3. The van der Waals surface area contributed by atoms with Crippen molar-refractivity contribution in [3.63, 3.8) is 0 Å². The molecule has 0 saturated carbocycles. The van der Waals surface area contributed by atoms with Gasteiger partial charge in [-0.2, -0.15) is 0 Å². The minimum atomic E-state index is -1.78. The van der Waals surface area contributed by atoms with Crippen LogP contribution in [0.1, 0.15) is 26.3 Å². The van der Waals surface area contributed by atoms with Gasteiger partial charge in [0.05, 0.1) is 5.02 Å². The van der Waals surface area contributed by atoms with Crippen LogP contribution in [0.25, 0.3) is 0 Å². The quantitative estimate of drug-likeness (QED) is 0.482. The van der Waals surface area contributed by atoms with Crippen LogP contribution in [-0.2, 0) is 10.8 Å². The van der Waals surface area contributed by atoms with Crippen molar-refractivity contribution < 1.29 is 8.82 Å². The van der Waals surface area contributed by atoms with E-state index >= 15 is 0 Å². The normalized spacial score (nSPS) is 12.8. The van der Waals surface area contributed by atoms with Crippen LogP contribution >= 0.6 is 27.5 Å². The van der Waals surface area contributed by atoms with Gasteiger partial charge in [0.25, 0.3) is 0 Å². The molecule has 0 heterocycles. The Hall–Kier alpha value is 0.0969. The van der Waals surface area contributed by atoms with Crippen LogP contribution < -0.4 is 0 Å². The van der Waals surface area contributed by atoms with E-state index in [1.807, 2.05) is 0 Å². The van der Waals surface area contributed by atoms with Crippen LogP contribution in [0, 0.1) is 5.82 Å². The average Bonchev–Trinajstić information content (AvgIpc) is 2.27. The summed E-state index contributed by atoms with van der Waals surface area (Å²) in [6.07, 6.45) is 0.527. The van der Waals surface area contributed by atoms with Crippen LogP contribution in [-0.4, -0.2) is 14.9 Å². The summed E-state index contributed by atoms with van der Waals surface area (Å²) in [7, 11) is -1.78. The zero-order valence-corrected chi connectivity index (χ0v) is 15.5. The number of hydrogen-bond acceptors (Lipinski definition) is 1. The first-order chi connectivity index (χ1) is 8.56. The number of rotatable bonds is 4. The van der Waals surface area contributed by atoms with E-state index in [4.69, 9.17) is 16.0 Å². The van der Waals surface area contributed by atoms with Gasteiger partial charge in [-0.15, -0.1) is 0 Å². The summed E-state index contributed by atoms with van der Waals surface area (Å²) in [6, 6.07) is 3.33. The monoisotopic (exact) mass is 366 g/mol. The predicted molar refractivity (Wildman–Crippen MR) is 86.0 cm³/mol. The van der Waals surface area contributed by atoms with E-state index in [1.165, 1.54) is 0 Å². The summed E-state index contributed by atoms with van der Waals surface area (Å²) in [5.41, 5.74) is 0.589. The molecule has 0 aliphatic rings. The molecule has 0 bridgehead atoms. The fraction of sp³-hybridized carbons (Fsp3) is 0.571. The minimum Gasteiger partial charge on any atom is -0.416 e. The molecule has 0 fully saturated rings. The second kappa shape index (κ2) is 6.25. The van der Waals surface area contributed by atoms with Crippen LogP contribution in [0.3, 0.4) is 0 Å². The Kier molecular flexibility index (Phi) is 5.64. The molecule has 0 aliphatic carbocycles. The van der Waals surface area contributed by atoms with E-state index in [9.17, 15) is 4.39 Å². The number of halogens is 3. The lowest BCUT2D eigenvalue weighted by atomic mass is 10.1. The third-order valence-electron chi connectivity index (χ3n) is 3.76. The Labute approximate surface area is 129 Å². The first kappa shape index (κ1) is 17.1. The zero-order valence-electron chi connectivity index (χ0n) is 12.1. The van der Waals surface area contributed by atoms with E-state index in [0.29, 0.717) is 18.6 Å². The van der Waals surface area contributed by atoms with Gasteiger partial charge in [0.15, 0.2) is 8.32 Å². The van der Waals surface area contributed by atoms with Gasteiger partial charge in [-0.25, -0.2) is 4.39 Å². The first-order valence-electron chi connectivity index (χ1n) is 6.32. The maximum Gasteiger partial charge on any atom is 0.191 e. The summed E-state index contributed by atoms with van der Waals surface area (Å²) in [5.74, 6) is -0.352. The lowest BCUT2D eigenvalue weighted by molar-refractivity contribution is 0.290. The molecule has 108 valence electrons. The predicted octanol–water partition coefficient (Wildman–Crippen LogP) is 5.81. The van der Waals surface area contributed by atoms with Gasteiger partial charge in [-0.1, -0.05) is 48.3 Å². The van der Waals surface area contributed by atoms with Crippen molar-refractivity contribution in [1.82, 2.24) is 0 Å². The van der Waals surface area contributed by atoms with Crippen LogP contribution in [0.15, 0.2) is 16.6 Å². The fourth-order valence-electron chi connectivity index (χ4n) is 1.42. The lowest BCUT2D eigenvalue weighted by Gasteiger charge is -2.36. The van der Waals surface area contributed by atoms with Crippen LogP contribution in [0.2, 0.25) is 23.2 Å². The van der Waals surface area contributed by atoms with Gasteiger partial charge in [0, 0.05) is 16.6 Å². The van der Waals surface area contributed by atoms with E-state index in [2.05, 4.69) is 49.8 Å². The van der Waals surface area contributed by atoms with Crippen molar-refractivity contribution in [2.24, 2.45) is 0 Å². The molecule has 1 aromatic carbocycles. The highest BCUT2D eigenvalue weighted by atomic mass is 79.9. The summed E-state index contributed by atoms with van der Waals surface area (Å²) in [6.45, 7) is 11.5. The highest BCUT2D eigenvalue weighted by Crippen LogP contribution is 2.36. The highest BCUT2D eigenvalue weighted by Gasteiger charge is 2.36. The van der Waals surface area contributed by atoms with Gasteiger partial charge in [0.1, 0.15) is 5.82 Å². The van der Waals surface area contributed by atoms with E-state index in [0.717, 1.165) is 4.47 Å². The van der Waals surface area contributed by atoms with Crippen LogP contribution in [0.5, 0.6) is 0 Å². The molecule has 0 atom stereocenters. The molecule has 0 amide bonds. The number of benzene rings is 1. The molecular formula is C14H21BrClFOSi. The maximum absolute atomic E-state index is 13.9. The molecule has 1 aromatic rings. The third kappa shape index (κ3) is 4.28. The Morgan fingerprint density at radius 1 is 1.32 bits per heavy atom. The second-order valence-electron chi connectivity index (χ2n) is 6.18. The SMILES string of the molecule is CC(C)(C)[Si](C)(C)OCCc1c(Br)ccc(Cl)c1F. The van der Waals surface area contributed by atoms with E-state index < -0.39 is 8.32 Å². The largest absolute Gasteiger partial charge is 0.416 e. The Balaban J connectivity index is 2.72. The van der Waals surface area contributed by atoms with Gasteiger partial charge < -0.3 is 4.43 Å². The van der Waals surface area contributed by atoms with Gasteiger partial charge in [0.2, 0.25) is 0 Å². The molecule has 0 spiro atoms. The molecular weight excluding hydrogens is 347 g/mol. The highest BCUT2D eigenvalue weighted by molar-refractivity contribution is 9.10. The Morgan fingerprint density at radius 3 is 2.42 bits per heavy atom. The van der Waals surface area contributed by atoms with Crippen LogP contribution in [0.4, 0.5) is 4.39 Å². The maximum atomic E-state index is 13.9. The standard InChI is InChI=1S/C14H21BrClFOSi/c1-14(2,3)19(4,5)18-9-8-10-11(15)6-7-12(16)13(10)17/h6-7H,8-9H2,1-5H3. The number of hydrogen-bond donors (Lipinski definition) is 0. The van der Waals surface area contributed by atoms with Crippen molar-refractivity contribution in [2.75, 3.05) is 6.61 Å². The van der Waals surface area contributed by atoms with Crippen molar-refractivity contribution in [1.29, 1.82) is 0 Å². The van der Waals surface area contributed by atoms with Crippen molar-refractivity contribution in [3.05, 3.63) is 33.0 Å². The van der Waals surface area contributed by atoms with E-state index in [-0.39, 0.29) is 15.9 Å². The Bertz CT molecular complexity index is 457. The molecule has 0 N–H and O–H groups in total. The van der Waals surface area contributed by atoms with Gasteiger partial charge in [-0.05, 0) is 36.7 Å². The third-order valence-corrected chi connectivity index (χ3v) is 9.33. The smallest absolute Gasteiger partial charge is 0.191 e. The summed E-state index contributed by atoms with van der Waals surface area (Å²) >= 11 is 9.16. The summed E-state index contributed by atoms with van der Waals surface area (Å²) < 4.78 is 20.7. The topological polar surface area (TPSA) is 9.23 Å². The van der Waals surface area contributed by atoms with Crippen molar-refractivity contribution in [2.45, 2.75) is 45.3 Å².